The number of carbonyl (C=O) groups excluding carboxylic acids is 1. The fraction of sp³-hybridized carbons (Fsp3) is 0.250. The lowest BCUT2D eigenvalue weighted by Gasteiger charge is -2.35. The Morgan fingerprint density at radius 3 is 2.41 bits per heavy atom. The third-order valence-electron chi connectivity index (χ3n) is 4.65. The molecule has 0 atom stereocenters. The Balaban J connectivity index is 1.33. The van der Waals surface area contributed by atoms with Gasteiger partial charge in [-0.3, -0.25) is 4.79 Å². The van der Waals surface area contributed by atoms with Gasteiger partial charge in [-0.15, -0.1) is 10.2 Å². The van der Waals surface area contributed by atoms with Crippen molar-refractivity contribution < 1.29 is 13.6 Å². The highest BCUT2D eigenvalue weighted by Crippen LogP contribution is 2.19. The molecular weight excluding hydrogens is 347 g/mol. The summed E-state index contributed by atoms with van der Waals surface area (Å²) in [6.45, 7) is 2.65. The van der Waals surface area contributed by atoms with Crippen LogP contribution >= 0.6 is 0 Å². The standard InChI is InChI=1S/C20H19FN4O2/c21-16-5-3-15(4-6-16)14-20(26)25-11-9-24(10-12-25)19-8-7-17(22-23-19)18-2-1-13-27-18/h1-8,13H,9-12,14H2. The van der Waals surface area contributed by atoms with Crippen LogP contribution in [0.1, 0.15) is 5.56 Å². The van der Waals surface area contributed by atoms with E-state index in [1.54, 1.807) is 18.4 Å². The van der Waals surface area contributed by atoms with Crippen molar-refractivity contribution in [1.29, 1.82) is 0 Å². The van der Waals surface area contributed by atoms with E-state index in [0.29, 0.717) is 37.6 Å². The van der Waals surface area contributed by atoms with Gasteiger partial charge in [-0.25, -0.2) is 4.39 Å². The number of nitrogens with zero attached hydrogens (tertiary/aromatic N) is 4. The molecular formula is C20H19FN4O2. The second kappa shape index (κ2) is 7.57. The van der Waals surface area contributed by atoms with Crippen molar-refractivity contribution in [2.75, 3.05) is 31.1 Å². The first-order valence-corrected chi connectivity index (χ1v) is 8.84. The largest absolute Gasteiger partial charge is 0.463 e. The molecule has 0 aliphatic carbocycles. The highest BCUT2D eigenvalue weighted by atomic mass is 19.1. The molecule has 1 aliphatic heterocycles. The molecule has 0 unspecified atom stereocenters. The first kappa shape index (κ1) is 17.2. The summed E-state index contributed by atoms with van der Waals surface area (Å²) >= 11 is 0. The molecule has 7 heteroatoms. The Morgan fingerprint density at radius 1 is 1.00 bits per heavy atom. The van der Waals surface area contributed by atoms with Crippen LogP contribution in [0.5, 0.6) is 0 Å². The van der Waals surface area contributed by atoms with Crippen LogP contribution in [0.3, 0.4) is 0 Å². The zero-order valence-electron chi connectivity index (χ0n) is 14.7. The van der Waals surface area contributed by atoms with E-state index >= 15 is 0 Å². The van der Waals surface area contributed by atoms with Crippen LogP contribution in [0.25, 0.3) is 11.5 Å². The Kier molecular flexibility index (Phi) is 4.82. The summed E-state index contributed by atoms with van der Waals surface area (Å²) in [5.41, 5.74) is 1.51. The van der Waals surface area contributed by atoms with Gasteiger partial charge in [0.1, 0.15) is 11.5 Å². The number of amides is 1. The average Bonchev–Trinajstić information content (AvgIpc) is 3.25. The molecule has 0 radical (unpaired) electrons. The van der Waals surface area contributed by atoms with Gasteiger partial charge in [-0.1, -0.05) is 12.1 Å². The smallest absolute Gasteiger partial charge is 0.227 e. The summed E-state index contributed by atoms with van der Waals surface area (Å²) in [5.74, 6) is 1.24. The number of hydrogen-bond donors (Lipinski definition) is 0. The first-order chi connectivity index (χ1) is 13.2. The highest BCUT2D eigenvalue weighted by molar-refractivity contribution is 5.79. The zero-order valence-corrected chi connectivity index (χ0v) is 14.7. The number of aromatic nitrogens is 2. The van der Waals surface area contributed by atoms with Gasteiger partial charge in [0.2, 0.25) is 5.91 Å². The van der Waals surface area contributed by atoms with Crippen molar-refractivity contribution in [2.45, 2.75) is 6.42 Å². The Bertz CT molecular complexity index is 887. The number of piperazine rings is 1. The molecule has 4 rings (SSSR count). The molecule has 2 aromatic heterocycles. The number of rotatable bonds is 4. The molecule has 3 heterocycles. The highest BCUT2D eigenvalue weighted by Gasteiger charge is 2.22. The van der Waals surface area contributed by atoms with Gasteiger partial charge < -0.3 is 14.2 Å². The van der Waals surface area contributed by atoms with Crippen LogP contribution in [0, 0.1) is 5.82 Å². The second-order valence-corrected chi connectivity index (χ2v) is 6.43. The van der Waals surface area contributed by atoms with Gasteiger partial charge in [-0.2, -0.15) is 0 Å². The van der Waals surface area contributed by atoms with Crippen molar-refractivity contribution in [1.82, 2.24) is 15.1 Å². The maximum atomic E-state index is 13.0. The van der Waals surface area contributed by atoms with Crippen LogP contribution in [-0.2, 0) is 11.2 Å². The van der Waals surface area contributed by atoms with Crippen LogP contribution in [0.15, 0.2) is 59.2 Å². The zero-order chi connectivity index (χ0) is 18.6. The van der Waals surface area contributed by atoms with E-state index in [0.717, 1.165) is 11.4 Å². The second-order valence-electron chi connectivity index (χ2n) is 6.43. The lowest BCUT2D eigenvalue weighted by atomic mass is 10.1. The van der Waals surface area contributed by atoms with Crippen LogP contribution in [0.4, 0.5) is 10.2 Å². The van der Waals surface area contributed by atoms with Gasteiger partial charge in [-0.05, 0) is 42.0 Å². The molecule has 1 aliphatic rings. The van der Waals surface area contributed by atoms with E-state index in [9.17, 15) is 9.18 Å². The number of benzene rings is 1. The summed E-state index contributed by atoms with van der Waals surface area (Å²) in [4.78, 5) is 16.4. The SMILES string of the molecule is O=C(Cc1ccc(F)cc1)N1CCN(c2ccc(-c3ccco3)nn2)CC1. The van der Waals surface area contributed by atoms with Crippen molar-refractivity contribution in [3.63, 3.8) is 0 Å². The number of furan rings is 1. The number of anilines is 1. The van der Waals surface area contributed by atoms with Crippen LogP contribution in [-0.4, -0.2) is 47.2 Å². The molecule has 138 valence electrons. The monoisotopic (exact) mass is 366 g/mol. The summed E-state index contributed by atoms with van der Waals surface area (Å²) < 4.78 is 18.3. The van der Waals surface area contributed by atoms with Crippen molar-refractivity contribution in [3.8, 4) is 11.5 Å². The molecule has 0 spiro atoms. The first-order valence-electron chi connectivity index (χ1n) is 8.84. The van der Waals surface area contributed by atoms with Crippen molar-refractivity contribution >= 4 is 11.7 Å². The number of carbonyl (C=O) groups is 1. The Labute approximate surface area is 156 Å². The molecule has 0 bridgehead atoms. The predicted molar refractivity (Wildman–Crippen MR) is 98.6 cm³/mol. The number of halogens is 1. The maximum Gasteiger partial charge on any atom is 0.227 e. The minimum Gasteiger partial charge on any atom is -0.463 e. The molecule has 0 saturated carbocycles. The number of hydrogen-bond acceptors (Lipinski definition) is 5. The predicted octanol–water partition coefficient (Wildman–Crippen LogP) is 2.77. The lowest BCUT2D eigenvalue weighted by molar-refractivity contribution is -0.130. The van der Waals surface area contributed by atoms with Crippen molar-refractivity contribution in [3.05, 3.63) is 66.2 Å². The molecule has 1 aromatic carbocycles. The molecule has 0 N–H and O–H groups in total. The van der Waals surface area contributed by atoms with Crippen LogP contribution < -0.4 is 4.90 Å². The minimum absolute atomic E-state index is 0.0560. The van der Waals surface area contributed by atoms with E-state index in [-0.39, 0.29) is 18.1 Å². The third kappa shape index (κ3) is 3.97. The molecule has 27 heavy (non-hydrogen) atoms. The fourth-order valence-electron chi connectivity index (χ4n) is 3.12. The van der Waals surface area contributed by atoms with Crippen molar-refractivity contribution in [2.24, 2.45) is 0 Å². The quantitative estimate of drug-likeness (QED) is 0.711. The Hall–Kier alpha value is -3.22. The summed E-state index contributed by atoms with van der Waals surface area (Å²) in [6.07, 6.45) is 1.89. The molecule has 1 fully saturated rings. The van der Waals surface area contributed by atoms with Crippen LogP contribution in [0.2, 0.25) is 0 Å². The minimum atomic E-state index is -0.293. The normalized spacial score (nSPS) is 14.4. The average molecular weight is 366 g/mol. The lowest BCUT2D eigenvalue weighted by Crippen LogP contribution is -2.49. The van der Waals surface area contributed by atoms with Gasteiger partial charge in [0.15, 0.2) is 11.6 Å². The van der Waals surface area contributed by atoms with Gasteiger partial charge in [0.05, 0.1) is 12.7 Å². The van der Waals surface area contributed by atoms with Gasteiger partial charge in [0, 0.05) is 26.2 Å². The fourth-order valence-corrected chi connectivity index (χ4v) is 3.12. The summed E-state index contributed by atoms with van der Waals surface area (Å²) in [6, 6.07) is 13.5. The van der Waals surface area contributed by atoms with Gasteiger partial charge >= 0.3 is 0 Å². The summed E-state index contributed by atoms with van der Waals surface area (Å²) in [7, 11) is 0. The Morgan fingerprint density at radius 2 is 1.78 bits per heavy atom. The van der Waals surface area contributed by atoms with E-state index < -0.39 is 0 Å². The van der Waals surface area contributed by atoms with E-state index in [1.807, 2.05) is 29.2 Å². The van der Waals surface area contributed by atoms with E-state index in [1.165, 1.54) is 12.1 Å². The van der Waals surface area contributed by atoms with E-state index in [4.69, 9.17) is 4.42 Å². The third-order valence-corrected chi connectivity index (χ3v) is 4.65. The maximum absolute atomic E-state index is 13.0. The molecule has 6 nitrogen and oxygen atoms in total. The van der Waals surface area contributed by atoms with E-state index in [2.05, 4.69) is 15.1 Å². The summed E-state index contributed by atoms with van der Waals surface area (Å²) in [5, 5.41) is 8.50. The molecule has 3 aromatic rings. The topological polar surface area (TPSA) is 62.5 Å². The molecule has 1 amide bonds. The molecule has 1 saturated heterocycles. The van der Waals surface area contributed by atoms with Gasteiger partial charge in [0.25, 0.3) is 0 Å².